The van der Waals surface area contributed by atoms with E-state index in [-0.39, 0.29) is 0 Å². The van der Waals surface area contributed by atoms with Gasteiger partial charge in [0.15, 0.2) is 0 Å². The van der Waals surface area contributed by atoms with Crippen molar-refractivity contribution < 1.29 is 8.76 Å². The molecule has 0 heterocycles. The number of hydrogen-bond acceptors (Lipinski definition) is 2. The van der Waals surface area contributed by atoms with Crippen LogP contribution in [0.5, 0.6) is 0 Å². The van der Waals surface area contributed by atoms with Gasteiger partial charge >= 0.3 is 0 Å². The molecule has 0 saturated carbocycles. The molecule has 0 saturated heterocycles. The summed E-state index contributed by atoms with van der Waals surface area (Å²) in [6, 6.07) is 0. The van der Waals surface area contributed by atoms with Crippen LogP contribution in [0.1, 0.15) is 13.3 Å². The van der Waals surface area contributed by atoms with Crippen molar-refractivity contribution in [1.82, 2.24) is 0 Å². The van der Waals surface area contributed by atoms with E-state index in [2.05, 4.69) is 0 Å². The summed E-state index contributed by atoms with van der Waals surface area (Å²) in [6.45, 7) is 1.70. The highest BCUT2D eigenvalue weighted by Gasteiger charge is 2.26. The summed E-state index contributed by atoms with van der Waals surface area (Å²) >= 11 is -1.93. The van der Waals surface area contributed by atoms with Crippen molar-refractivity contribution in [3.8, 4) is 0 Å². The lowest BCUT2D eigenvalue weighted by Gasteiger charge is -2.33. The van der Waals surface area contributed by atoms with Gasteiger partial charge in [0.2, 0.25) is 0 Å². The maximum atomic E-state index is 10.3. The molecule has 0 bridgehead atoms. The van der Waals surface area contributed by atoms with Gasteiger partial charge in [0.1, 0.15) is 0 Å². The predicted molar refractivity (Wildman–Crippen MR) is 31.1 cm³/mol. The first-order valence-corrected chi connectivity index (χ1v) is 3.50. The van der Waals surface area contributed by atoms with E-state index in [1.54, 1.807) is 13.0 Å². The largest absolute Gasteiger partial charge is 0.772 e. The molecule has 1 aliphatic carbocycles. The van der Waals surface area contributed by atoms with Crippen molar-refractivity contribution in [2.24, 2.45) is 0 Å². The molecule has 8 heavy (non-hydrogen) atoms. The zero-order chi connectivity index (χ0) is 6.20. The van der Waals surface area contributed by atoms with E-state index in [0.29, 0.717) is 6.42 Å². The van der Waals surface area contributed by atoms with Crippen molar-refractivity contribution in [1.29, 1.82) is 0 Å². The normalized spacial score (nSPS) is 38.8. The van der Waals surface area contributed by atoms with Gasteiger partial charge in [0.25, 0.3) is 0 Å². The molecule has 2 atom stereocenters. The van der Waals surface area contributed by atoms with Crippen LogP contribution >= 0.6 is 0 Å². The van der Waals surface area contributed by atoms with Gasteiger partial charge in [-0.1, -0.05) is 12.2 Å². The number of allylic oxidation sites excluding steroid dienone is 1. The van der Waals surface area contributed by atoms with Gasteiger partial charge in [-0.15, -0.1) is 0 Å². The summed E-state index contributed by atoms with van der Waals surface area (Å²) in [5.74, 6) is 0. The lowest BCUT2D eigenvalue weighted by atomic mass is 9.97. The van der Waals surface area contributed by atoms with Crippen molar-refractivity contribution in [3.05, 3.63) is 12.2 Å². The summed E-state index contributed by atoms with van der Waals surface area (Å²) < 4.78 is 20.0. The third-order valence-electron chi connectivity index (χ3n) is 1.37. The van der Waals surface area contributed by atoms with E-state index in [4.69, 9.17) is 0 Å². The van der Waals surface area contributed by atoms with Crippen molar-refractivity contribution >= 4 is 11.1 Å². The van der Waals surface area contributed by atoms with Crippen molar-refractivity contribution in [3.63, 3.8) is 0 Å². The van der Waals surface area contributed by atoms with Crippen molar-refractivity contribution in [2.45, 2.75) is 18.1 Å². The molecule has 0 aromatic carbocycles. The predicted octanol–water partition coefficient (Wildman–Crippen LogP) is 0.584. The van der Waals surface area contributed by atoms with E-state index in [9.17, 15) is 8.76 Å². The van der Waals surface area contributed by atoms with Crippen LogP contribution in [0.15, 0.2) is 12.2 Å². The standard InChI is InChI=1S/C5H8O2S/c1-5(8(6)7)3-2-4-5/h2-3H,4H2,1H3,(H,6,7)/p-1. The van der Waals surface area contributed by atoms with Crippen LogP contribution in [0, 0.1) is 0 Å². The van der Waals surface area contributed by atoms with E-state index in [0.717, 1.165) is 0 Å². The van der Waals surface area contributed by atoms with Gasteiger partial charge in [0.05, 0.1) is 4.75 Å². The summed E-state index contributed by atoms with van der Waals surface area (Å²) in [7, 11) is 0. The minimum absolute atomic E-state index is 0.542. The van der Waals surface area contributed by atoms with Gasteiger partial charge in [-0.3, -0.25) is 4.21 Å². The average Bonchev–Trinajstić information content (AvgIpc) is 1.60. The first-order chi connectivity index (χ1) is 3.65. The molecule has 2 unspecified atom stereocenters. The number of hydrogen-bond donors (Lipinski definition) is 0. The van der Waals surface area contributed by atoms with Crippen LogP contribution < -0.4 is 0 Å². The molecular formula is C5H7O2S-. The average molecular weight is 131 g/mol. The Kier molecular flexibility index (Phi) is 1.25. The van der Waals surface area contributed by atoms with Crippen LogP contribution in [0.4, 0.5) is 0 Å². The Labute approximate surface area is 50.9 Å². The second kappa shape index (κ2) is 1.67. The Balaban J connectivity index is 2.70. The molecule has 0 amide bonds. The maximum absolute atomic E-state index is 10.3. The molecule has 0 spiro atoms. The molecule has 0 radical (unpaired) electrons. The zero-order valence-corrected chi connectivity index (χ0v) is 5.40. The Bertz CT molecular complexity index is 153. The Morgan fingerprint density at radius 2 is 2.38 bits per heavy atom. The first-order valence-electron chi connectivity index (χ1n) is 2.42. The molecule has 0 aromatic rings. The third-order valence-corrected chi connectivity index (χ3v) is 2.44. The van der Waals surface area contributed by atoms with Crippen LogP contribution in [0.2, 0.25) is 0 Å². The minimum atomic E-state index is -1.93. The highest BCUT2D eigenvalue weighted by molar-refractivity contribution is 7.80. The molecule has 1 rings (SSSR count). The monoisotopic (exact) mass is 131 g/mol. The third kappa shape index (κ3) is 0.717. The van der Waals surface area contributed by atoms with Crippen LogP contribution in [-0.2, 0) is 11.1 Å². The molecule has 3 heteroatoms. The summed E-state index contributed by atoms with van der Waals surface area (Å²) in [5, 5.41) is 0. The van der Waals surface area contributed by atoms with E-state index in [1.165, 1.54) is 0 Å². The number of rotatable bonds is 1. The van der Waals surface area contributed by atoms with Crippen LogP contribution in [0.25, 0.3) is 0 Å². The zero-order valence-electron chi connectivity index (χ0n) is 4.59. The maximum Gasteiger partial charge on any atom is 0.0512 e. The summed E-state index contributed by atoms with van der Waals surface area (Å²) in [4.78, 5) is 0. The smallest absolute Gasteiger partial charge is 0.0512 e. The lowest BCUT2D eigenvalue weighted by Crippen LogP contribution is -2.32. The first kappa shape index (κ1) is 5.98. The summed E-state index contributed by atoms with van der Waals surface area (Å²) in [5.41, 5.74) is 0. The molecule has 46 valence electrons. The molecule has 0 aromatic heterocycles. The van der Waals surface area contributed by atoms with Crippen LogP contribution in [-0.4, -0.2) is 13.5 Å². The van der Waals surface area contributed by atoms with Gasteiger partial charge in [-0.25, -0.2) is 0 Å². The fourth-order valence-electron chi connectivity index (χ4n) is 0.573. The molecule has 0 aliphatic heterocycles. The van der Waals surface area contributed by atoms with E-state index < -0.39 is 15.8 Å². The Hall–Kier alpha value is -0.150. The van der Waals surface area contributed by atoms with Gasteiger partial charge in [-0.05, 0) is 24.4 Å². The topological polar surface area (TPSA) is 40.1 Å². The van der Waals surface area contributed by atoms with Crippen LogP contribution in [0.3, 0.4) is 0 Å². The lowest BCUT2D eigenvalue weighted by molar-refractivity contribution is 0.500. The summed E-state index contributed by atoms with van der Waals surface area (Å²) in [6.07, 6.45) is 4.23. The van der Waals surface area contributed by atoms with Gasteiger partial charge < -0.3 is 4.55 Å². The Morgan fingerprint density at radius 3 is 2.38 bits per heavy atom. The second-order valence-corrected chi connectivity index (χ2v) is 3.56. The fraction of sp³-hybridized carbons (Fsp3) is 0.600. The SMILES string of the molecule is CC1(S(=O)[O-])C=CC1. The molecule has 2 nitrogen and oxygen atoms in total. The molecule has 0 fully saturated rings. The van der Waals surface area contributed by atoms with Gasteiger partial charge in [-0.2, -0.15) is 0 Å². The minimum Gasteiger partial charge on any atom is -0.772 e. The Morgan fingerprint density at radius 1 is 1.88 bits per heavy atom. The van der Waals surface area contributed by atoms with E-state index in [1.807, 2.05) is 6.08 Å². The fourth-order valence-corrected chi connectivity index (χ4v) is 1.01. The molecule has 0 N–H and O–H groups in total. The molecule has 1 aliphatic rings. The quantitative estimate of drug-likeness (QED) is 0.386. The second-order valence-electron chi connectivity index (χ2n) is 2.15. The highest BCUT2D eigenvalue weighted by Crippen LogP contribution is 2.27. The van der Waals surface area contributed by atoms with Gasteiger partial charge in [0, 0.05) is 0 Å². The highest BCUT2D eigenvalue weighted by atomic mass is 32.2. The molecular weight excluding hydrogens is 124 g/mol. The van der Waals surface area contributed by atoms with Crippen molar-refractivity contribution in [2.75, 3.05) is 0 Å². The van der Waals surface area contributed by atoms with E-state index >= 15 is 0 Å².